The first-order valence-corrected chi connectivity index (χ1v) is 8.50. The van der Waals surface area contributed by atoms with Crippen molar-refractivity contribution in [3.05, 3.63) is 71.9 Å². The van der Waals surface area contributed by atoms with Crippen LogP contribution in [0.2, 0.25) is 0 Å². The monoisotopic (exact) mass is 362 g/mol. The molecule has 0 radical (unpaired) electrons. The van der Waals surface area contributed by atoms with Crippen LogP contribution < -0.4 is 14.8 Å². The molecule has 0 fully saturated rings. The third-order valence-corrected chi connectivity index (χ3v) is 4.09. The lowest BCUT2D eigenvalue weighted by Crippen LogP contribution is -2.13. The molecule has 136 valence electrons. The minimum atomic E-state index is 0.547. The van der Waals surface area contributed by atoms with Crippen molar-refractivity contribution in [3.63, 3.8) is 0 Å². The summed E-state index contributed by atoms with van der Waals surface area (Å²) in [6.07, 6.45) is 1.71. The van der Waals surface area contributed by atoms with Crippen molar-refractivity contribution in [2.45, 2.75) is 13.1 Å². The van der Waals surface area contributed by atoms with E-state index in [-0.39, 0.29) is 0 Å². The molecule has 0 aliphatic carbocycles. The third-order valence-electron chi connectivity index (χ3n) is 4.09. The minimum Gasteiger partial charge on any atom is -0.493 e. The summed E-state index contributed by atoms with van der Waals surface area (Å²) in [6, 6.07) is 17.2. The Kier molecular flexibility index (Phi) is 4.93. The minimum absolute atomic E-state index is 0.547. The number of fused-ring (bicyclic) bond motifs is 1. The Hall–Kier alpha value is -3.45. The molecule has 0 aliphatic heterocycles. The van der Waals surface area contributed by atoms with Crippen LogP contribution in [0.1, 0.15) is 11.1 Å². The van der Waals surface area contributed by atoms with Gasteiger partial charge in [-0.15, -0.1) is 0 Å². The van der Waals surface area contributed by atoms with Crippen molar-refractivity contribution in [2.75, 3.05) is 7.11 Å². The molecule has 0 saturated carbocycles. The molecule has 7 heteroatoms. The maximum absolute atomic E-state index is 5.97. The molecular formula is C20H18N4O3. The van der Waals surface area contributed by atoms with E-state index in [1.807, 2.05) is 54.6 Å². The Balaban J connectivity index is 1.44. The fourth-order valence-corrected chi connectivity index (χ4v) is 2.74. The molecule has 0 spiro atoms. The smallest absolute Gasteiger partial charge is 0.223 e. The fraction of sp³-hybridized carbons (Fsp3) is 0.150. The highest BCUT2D eigenvalue weighted by molar-refractivity contribution is 5.73. The molecule has 0 bridgehead atoms. The Morgan fingerprint density at radius 1 is 0.926 bits per heavy atom. The van der Waals surface area contributed by atoms with Crippen molar-refractivity contribution >= 4 is 11.0 Å². The van der Waals surface area contributed by atoms with Gasteiger partial charge >= 0.3 is 0 Å². The van der Waals surface area contributed by atoms with Crippen LogP contribution in [0.3, 0.4) is 0 Å². The SMILES string of the molecule is COc1ccccc1Oc1ncccc1CNCc1ccc2nonc2c1. The zero-order valence-corrected chi connectivity index (χ0v) is 14.8. The molecule has 0 aliphatic rings. The highest BCUT2D eigenvalue weighted by Crippen LogP contribution is 2.31. The largest absolute Gasteiger partial charge is 0.493 e. The zero-order valence-electron chi connectivity index (χ0n) is 14.8. The van der Waals surface area contributed by atoms with Crippen LogP contribution >= 0.6 is 0 Å². The van der Waals surface area contributed by atoms with E-state index < -0.39 is 0 Å². The Morgan fingerprint density at radius 2 is 1.78 bits per heavy atom. The number of aromatic nitrogens is 3. The van der Waals surface area contributed by atoms with Crippen molar-refractivity contribution in [1.29, 1.82) is 0 Å². The Bertz CT molecular complexity index is 1050. The highest BCUT2D eigenvalue weighted by Gasteiger charge is 2.10. The number of nitrogens with one attached hydrogen (secondary N) is 1. The normalized spacial score (nSPS) is 10.9. The summed E-state index contributed by atoms with van der Waals surface area (Å²) in [5.74, 6) is 1.84. The Labute approximate surface area is 155 Å². The molecule has 27 heavy (non-hydrogen) atoms. The second-order valence-electron chi connectivity index (χ2n) is 5.91. The predicted octanol–water partition coefficient (Wildman–Crippen LogP) is 3.71. The molecule has 1 N–H and O–H groups in total. The number of ether oxygens (including phenoxy) is 2. The van der Waals surface area contributed by atoms with E-state index in [9.17, 15) is 0 Å². The number of rotatable bonds is 7. The number of nitrogens with zero attached hydrogens (tertiary/aromatic N) is 3. The van der Waals surface area contributed by atoms with Crippen LogP contribution in [0.4, 0.5) is 0 Å². The molecule has 4 aromatic rings. The van der Waals surface area contributed by atoms with Crippen molar-refractivity contribution in [3.8, 4) is 17.4 Å². The van der Waals surface area contributed by atoms with Crippen molar-refractivity contribution in [2.24, 2.45) is 0 Å². The van der Waals surface area contributed by atoms with Crippen molar-refractivity contribution < 1.29 is 14.1 Å². The van der Waals surface area contributed by atoms with Gasteiger partial charge in [-0.1, -0.05) is 24.3 Å². The number of methoxy groups -OCH3 is 1. The summed E-state index contributed by atoms with van der Waals surface area (Å²) in [6.45, 7) is 1.28. The van der Waals surface area contributed by atoms with E-state index in [0.29, 0.717) is 30.5 Å². The Morgan fingerprint density at radius 3 is 2.67 bits per heavy atom. The molecular weight excluding hydrogens is 344 g/mol. The van der Waals surface area contributed by atoms with Gasteiger partial charge in [0.25, 0.3) is 0 Å². The van der Waals surface area contributed by atoms with Gasteiger partial charge in [-0.3, -0.25) is 0 Å². The summed E-state index contributed by atoms with van der Waals surface area (Å²) in [4.78, 5) is 4.36. The summed E-state index contributed by atoms with van der Waals surface area (Å²) in [5, 5.41) is 11.1. The van der Waals surface area contributed by atoms with Crippen molar-refractivity contribution in [1.82, 2.24) is 20.6 Å². The first kappa shape index (κ1) is 17.0. The average molecular weight is 362 g/mol. The van der Waals surface area contributed by atoms with Gasteiger partial charge in [-0.2, -0.15) is 0 Å². The highest BCUT2D eigenvalue weighted by atomic mass is 16.6. The summed E-state index contributed by atoms with van der Waals surface area (Å²) in [5.41, 5.74) is 3.54. The summed E-state index contributed by atoms with van der Waals surface area (Å²) < 4.78 is 16.0. The molecule has 4 rings (SSSR count). The maximum atomic E-state index is 5.97. The molecule has 0 saturated heterocycles. The molecule has 0 unspecified atom stereocenters. The standard InChI is InChI=1S/C20H18N4O3/c1-25-18-6-2-3-7-19(18)26-20-15(5-4-10-22-20)13-21-12-14-8-9-16-17(11-14)24-27-23-16/h2-11,21H,12-13H2,1H3. The number of hydrogen-bond donors (Lipinski definition) is 1. The summed E-state index contributed by atoms with van der Waals surface area (Å²) >= 11 is 0. The van der Waals surface area contributed by atoms with Crippen LogP contribution in [0.25, 0.3) is 11.0 Å². The zero-order chi connectivity index (χ0) is 18.5. The lowest BCUT2D eigenvalue weighted by Gasteiger charge is -2.13. The van der Waals surface area contributed by atoms with Gasteiger partial charge in [0.15, 0.2) is 11.5 Å². The fourth-order valence-electron chi connectivity index (χ4n) is 2.74. The van der Waals surface area contributed by atoms with Gasteiger partial charge in [0.05, 0.1) is 7.11 Å². The second-order valence-corrected chi connectivity index (χ2v) is 5.91. The maximum Gasteiger partial charge on any atom is 0.223 e. The molecule has 0 atom stereocenters. The number of pyridine rings is 1. The van der Waals surface area contributed by atoms with E-state index in [0.717, 1.165) is 22.2 Å². The first-order chi connectivity index (χ1) is 13.3. The van der Waals surface area contributed by atoms with Gasteiger partial charge in [0, 0.05) is 24.8 Å². The van der Waals surface area contributed by atoms with Crippen LogP contribution in [0.5, 0.6) is 17.4 Å². The third kappa shape index (κ3) is 3.88. The van der Waals surface area contributed by atoms with Crippen LogP contribution in [0.15, 0.2) is 65.4 Å². The number of hydrogen-bond acceptors (Lipinski definition) is 7. The molecule has 7 nitrogen and oxygen atoms in total. The van der Waals surface area contributed by atoms with Gasteiger partial charge < -0.3 is 14.8 Å². The van der Waals surface area contributed by atoms with Crippen LogP contribution in [-0.2, 0) is 13.1 Å². The topological polar surface area (TPSA) is 82.3 Å². The molecule has 0 amide bonds. The first-order valence-electron chi connectivity index (χ1n) is 8.50. The van der Waals surface area contributed by atoms with E-state index in [1.54, 1.807) is 13.3 Å². The number of para-hydroxylation sites is 2. The average Bonchev–Trinajstić information content (AvgIpc) is 3.17. The van der Waals surface area contributed by atoms with Gasteiger partial charge in [0.1, 0.15) is 11.0 Å². The lowest BCUT2D eigenvalue weighted by atomic mass is 10.2. The van der Waals surface area contributed by atoms with E-state index in [4.69, 9.17) is 14.1 Å². The van der Waals surface area contributed by atoms with Crippen LogP contribution in [0, 0.1) is 0 Å². The molecule has 2 aromatic heterocycles. The summed E-state index contributed by atoms with van der Waals surface area (Å²) in [7, 11) is 1.62. The van der Waals surface area contributed by atoms with E-state index in [2.05, 4.69) is 20.6 Å². The van der Waals surface area contributed by atoms with Gasteiger partial charge in [-0.25, -0.2) is 9.61 Å². The van der Waals surface area contributed by atoms with Gasteiger partial charge in [-0.05, 0) is 46.2 Å². The second kappa shape index (κ2) is 7.84. The quantitative estimate of drug-likeness (QED) is 0.536. The van der Waals surface area contributed by atoms with Crippen LogP contribution in [-0.4, -0.2) is 22.4 Å². The molecule has 2 heterocycles. The van der Waals surface area contributed by atoms with E-state index in [1.165, 1.54) is 0 Å². The predicted molar refractivity (Wildman–Crippen MR) is 99.7 cm³/mol. The number of benzene rings is 2. The van der Waals surface area contributed by atoms with Gasteiger partial charge in [0.2, 0.25) is 5.88 Å². The lowest BCUT2D eigenvalue weighted by molar-refractivity contribution is 0.315. The van der Waals surface area contributed by atoms with E-state index >= 15 is 0 Å². The molecule has 2 aromatic carbocycles.